The topological polar surface area (TPSA) is 42.4 Å². The van der Waals surface area contributed by atoms with Crippen molar-refractivity contribution in [2.45, 2.75) is 18.9 Å². The third kappa shape index (κ3) is 2.09. The van der Waals surface area contributed by atoms with Crippen molar-refractivity contribution in [1.82, 2.24) is 4.98 Å². The number of aliphatic hydroxyl groups is 1. The van der Waals surface area contributed by atoms with Crippen LogP contribution in [0.15, 0.2) is 42.7 Å². The van der Waals surface area contributed by atoms with Gasteiger partial charge in [0, 0.05) is 12.4 Å². The van der Waals surface area contributed by atoms with Gasteiger partial charge >= 0.3 is 0 Å². The van der Waals surface area contributed by atoms with Gasteiger partial charge in [0.1, 0.15) is 11.9 Å². The number of aryl methyl sites for hydroxylation is 1. The minimum absolute atomic E-state index is 0.597. The Morgan fingerprint density at radius 3 is 2.78 bits per heavy atom. The zero-order chi connectivity index (χ0) is 12.4. The van der Waals surface area contributed by atoms with E-state index in [9.17, 15) is 5.11 Å². The fourth-order valence-corrected chi connectivity index (χ4v) is 2.29. The van der Waals surface area contributed by atoms with Crippen LogP contribution in [0.2, 0.25) is 0 Å². The highest BCUT2D eigenvalue weighted by Gasteiger charge is 2.15. The Labute approximate surface area is 106 Å². The van der Waals surface area contributed by atoms with Crippen LogP contribution in [0.4, 0.5) is 0 Å². The molecule has 2 aromatic rings. The summed E-state index contributed by atoms with van der Waals surface area (Å²) in [7, 11) is 0. The van der Waals surface area contributed by atoms with Crippen molar-refractivity contribution in [3.63, 3.8) is 0 Å². The summed E-state index contributed by atoms with van der Waals surface area (Å²) in [5.74, 6) is 0.951. The van der Waals surface area contributed by atoms with Gasteiger partial charge in [0.05, 0.1) is 6.61 Å². The molecule has 0 bridgehead atoms. The lowest BCUT2D eigenvalue weighted by Crippen LogP contribution is -2.09. The molecule has 1 aromatic carbocycles. The van der Waals surface area contributed by atoms with Gasteiger partial charge in [0.25, 0.3) is 0 Å². The minimum Gasteiger partial charge on any atom is -0.493 e. The largest absolute Gasteiger partial charge is 0.493 e. The van der Waals surface area contributed by atoms with Crippen LogP contribution in [0.25, 0.3) is 0 Å². The molecule has 3 heteroatoms. The lowest BCUT2D eigenvalue weighted by Gasteiger charge is -2.19. The number of pyridine rings is 1. The first-order chi connectivity index (χ1) is 8.84. The molecule has 1 aliphatic heterocycles. The highest BCUT2D eigenvalue weighted by atomic mass is 16.5. The van der Waals surface area contributed by atoms with E-state index in [1.165, 1.54) is 5.56 Å². The third-order valence-corrected chi connectivity index (χ3v) is 3.27. The molecule has 1 atom stereocenters. The summed E-state index contributed by atoms with van der Waals surface area (Å²) >= 11 is 0. The van der Waals surface area contributed by atoms with Crippen molar-refractivity contribution in [2.24, 2.45) is 0 Å². The first-order valence-electron chi connectivity index (χ1n) is 6.18. The number of ether oxygens (including phenoxy) is 1. The monoisotopic (exact) mass is 241 g/mol. The predicted molar refractivity (Wildman–Crippen MR) is 68.6 cm³/mol. The van der Waals surface area contributed by atoms with E-state index in [-0.39, 0.29) is 0 Å². The molecular formula is C15H15NO2. The Morgan fingerprint density at radius 2 is 1.94 bits per heavy atom. The second kappa shape index (κ2) is 4.78. The summed E-state index contributed by atoms with van der Waals surface area (Å²) in [4.78, 5) is 3.96. The van der Waals surface area contributed by atoms with Crippen molar-refractivity contribution in [3.05, 3.63) is 59.4 Å². The van der Waals surface area contributed by atoms with Crippen molar-refractivity contribution >= 4 is 0 Å². The molecule has 18 heavy (non-hydrogen) atoms. The van der Waals surface area contributed by atoms with Crippen molar-refractivity contribution in [2.75, 3.05) is 6.61 Å². The zero-order valence-corrected chi connectivity index (χ0v) is 10.0. The number of benzene rings is 1. The number of hydrogen-bond acceptors (Lipinski definition) is 3. The van der Waals surface area contributed by atoms with E-state index in [0.29, 0.717) is 0 Å². The van der Waals surface area contributed by atoms with E-state index in [0.717, 1.165) is 36.3 Å². The number of fused-ring (bicyclic) bond motifs is 1. The molecule has 3 rings (SSSR count). The summed E-state index contributed by atoms with van der Waals surface area (Å²) in [6.45, 7) is 0.791. The maximum absolute atomic E-state index is 10.3. The molecule has 92 valence electrons. The van der Waals surface area contributed by atoms with Gasteiger partial charge in [0.15, 0.2) is 0 Å². The average molecular weight is 241 g/mol. The molecule has 1 unspecified atom stereocenters. The zero-order valence-electron chi connectivity index (χ0n) is 10.0. The van der Waals surface area contributed by atoms with Crippen LogP contribution in [-0.4, -0.2) is 16.7 Å². The number of aromatic nitrogens is 1. The van der Waals surface area contributed by atoms with Crippen LogP contribution >= 0.6 is 0 Å². The molecule has 0 radical (unpaired) electrons. The van der Waals surface area contributed by atoms with Gasteiger partial charge in [-0.3, -0.25) is 4.98 Å². The number of rotatable bonds is 2. The van der Waals surface area contributed by atoms with E-state index in [1.54, 1.807) is 12.4 Å². The third-order valence-electron chi connectivity index (χ3n) is 3.27. The SMILES string of the molecule is OC(c1ccncc1)c1ccc2c(c1)CCCO2. The first kappa shape index (κ1) is 11.2. The minimum atomic E-state index is -0.597. The smallest absolute Gasteiger partial charge is 0.122 e. The summed E-state index contributed by atoms with van der Waals surface area (Å²) in [5, 5.41) is 10.3. The molecule has 0 aliphatic carbocycles. The first-order valence-corrected chi connectivity index (χ1v) is 6.18. The highest BCUT2D eigenvalue weighted by Crippen LogP contribution is 2.29. The highest BCUT2D eigenvalue weighted by molar-refractivity contribution is 5.41. The van der Waals surface area contributed by atoms with Gasteiger partial charge in [-0.15, -0.1) is 0 Å². The second-order valence-electron chi connectivity index (χ2n) is 4.50. The van der Waals surface area contributed by atoms with Gasteiger partial charge in [-0.25, -0.2) is 0 Å². The van der Waals surface area contributed by atoms with E-state index in [2.05, 4.69) is 4.98 Å². The quantitative estimate of drug-likeness (QED) is 0.878. The second-order valence-corrected chi connectivity index (χ2v) is 4.50. The van der Waals surface area contributed by atoms with E-state index >= 15 is 0 Å². The molecule has 0 fully saturated rings. The molecule has 0 saturated carbocycles. The van der Waals surface area contributed by atoms with Crippen LogP contribution in [0.1, 0.15) is 29.2 Å². The van der Waals surface area contributed by atoms with Crippen LogP contribution < -0.4 is 4.74 Å². The molecular weight excluding hydrogens is 226 g/mol. The van der Waals surface area contributed by atoms with Gasteiger partial charge in [0.2, 0.25) is 0 Å². The Hall–Kier alpha value is -1.87. The normalized spacial score (nSPS) is 15.6. The van der Waals surface area contributed by atoms with Crippen LogP contribution in [0.3, 0.4) is 0 Å². The lowest BCUT2D eigenvalue weighted by atomic mass is 9.97. The van der Waals surface area contributed by atoms with Crippen molar-refractivity contribution in [1.29, 1.82) is 0 Å². The standard InChI is InChI=1S/C15H15NO2/c17-15(11-5-7-16-8-6-11)13-3-4-14-12(10-13)2-1-9-18-14/h3-8,10,15,17H,1-2,9H2. The molecule has 2 heterocycles. The molecule has 3 nitrogen and oxygen atoms in total. The van der Waals surface area contributed by atoms with Crippen LogP contribution in [-0.2, 0) is 6.42 Å². The summed E-state index contributed by atoms with van der Waals surface area (Å²) < 4.78 is 5.57. The maximum atomic E-state index is 10.3. The fourth-order valence-electron chi connectivity index (χ4n) is 2.29. The van der Waals surface area contributed by atoms with Crippen molar-refractivity contribution in [3.8, 4) is 5.75 Å². The van der Waals surface area contributed by atoms with Gasteiger partial charge in [-0.2, -0.15) is 0 Å². The van der Waals surface area contributed by atoms with Gasteiger partial charge in [-0.1, -0.05) is 6.07 Å². The average Bonchev–Trinajstić information content (AvgIpc) is 2.47. The number of hydrogen-bond donors (Lipinski definition) is 1. The fraction of sp³-hybridized carbons (Fsp3) is 0.267. The molecule has 0 saturated heterocycles. The van der Waals surface area contributed by atoms with Crippen LogP contribution in [0.5, 0.6) is 5.75 Å². The lowest BCUT2D eigenvalue weighted by molar-refractivity contribution is 0.219. The number of nitrogens with zero attached hydrogens (tertiary/aromatic N) is 1. The van der Waals surface area contributed by atoms with E-state index < -0.39 is 6.10 Å². The summed E-state index contributed by atoms with van der Waals surface area (Å²) in [5.41, 5.74) is 2.96. The molecule has 0 spiro atoms. The Morgan fingerprint density at radius 1 is 1.11 bits per heavy atom. The molecule has 1 N–H and O–H groups in total. The number of aliphatic hydroxyl groups excluding tert-OH is 1. The molecule has 0 amide bonds. The van der Waals surface area contributed by atoms with E-state index in [4.69, 9.17) is 4.74 Å². The maximum Gasteiger partial charge on any atom is 0.122 e. The summed E-state index contributed by atoms with van der Waals surface area (Å²) in [6, 6.07) is 9.59. The van der Waals surface area contributed by atoms with Crippen LogP contribution in [0, 0.1) is 0 Å². The summed E-state index contributed by atoms with van der Waals surface area (Å²) in [6.07, 6.45) is 4.86. The Kier molecular flexibility index (Phi) is 2.99. The van der Waals surface area contributed by atoms with Gasteiger partial charge in [-0.05, 0) is 53.8 Å². The Balaban J connectivity index is 1.93. The Bertz CT molecular complexity index is 539. The molecule has 1 aromatic heterocycles. The van der Waals surface area contributed by atoms with E-state index in [1.807, 2.05) is 30.3 Å². The molecule has 1 aliphatic rings. The van der Waals surface area contributed by atoms with Crippen molar-refractivity contribution < 1.29 is 9.84 Å². The van der Waals surface area contributed by atoms with Gasteiger partial charge < -0.3 is 9.84 Å². The predicted octanol–water partition coefficient (Wildman–Crippen LogP) is 2.49.